The Morgan fingerprint density at radius 2 is 0.743 bits per heavy atom. The number of hydrogen-bond acceptors (Lipinski definition) is 8. The van der Waals surface area contributed by atoms with Crippen LogP contribution in [0, 0.1) is 0 Å². The summed E-state index contributed by atoms with van der Waals surface area (Å²) in [6.07, 6.45) is 4.81. The molecule has 0 aliphatic carbocycles. The number of unbranched alkanes of at least 4 members (excludes halogenated alkanes) is 14. The van der Waals surface area contributed by atoms with E-state index in [0.29, 0.717) is 48.5 Å². The Morgan fingerprint density at radius 1 is 0.378 bits per heavy atom. The molecule has 5 aromatic carbocycles. The third kappa shape index (κ3) is 17.6. The Labute approximate surface area is 425 Å². The molecule has 0 atom stereocenters. The number of esters is 3. The van der Waals surface area contributed by atoms with Crippen LogP contribution in [0.1, 0.15) is 147 Å². The first-order valence-electron chi connectivity index (χ1n) is 24.9. The normalized spacial score (nSPS) is 12.0. The van der Waals surface area contributed by atoms with Crippen molar-refractivity contribution >= 4 is 17.9 Å². The molecule has 0 radical (unpaired) electrons. The predicted octanol–water partition coefficient (Wildman–Crippen LogP) is 16.9. The largest absolute Gasteiger partial charge is 0.494 e. The van der Waals surface area contributed by atoms with E-state index in [-0.39, 0.29) is 47.8 Å². The van der Waals surface area contributed by atoms with Crippen LogP contribution in [0.25, 0.3) is 11.1 Å². The molecule has 0 spiro atoms. The van der Waals surface area contributed by atoms with Gasteiger partial charge >= 0.3 is 41.9 Å². The first-order valence-corrected chi connectivity index (χ1v) is 24.9. The molecule has 5 rings (SSSR count). The van der Waals surface area contributed by atoms with Crippen LogP contribution in [-0.4, -0.2) is 55.1 Å². The van der Waals surface area contributed by atoms with Crippen molar-refractivity contribution in [3.05, 3.63) is 138 Å². The van der Waals surface area contributed by atoms with Crippen molar-refractivity contribution in [3.63, 3.8) is 0 Å². The van der Waals surface area contributed by atoms with Gasteiger partial charge in [0.15, 0.2) is 0 Å². The number of alkyl halides is 9. The van der Waals surface area contributed by atoms with Gasteiger partial charge in [-0.2, -0.15) is 39.5 Å². The maximum Gasteiger partial charge on any atom is 0.460 e. The lowest BCUT2D eigenvalue weighted by Crippen LogP contribution is -2.60. The average Bonchev–Trinajstić information content (AvgIpc) is 3.38. The van der Waals surface area contributed by atoms with E-state index in [1.54, 1.807) is 84.9 Å². The third-order valence-corrected chi connectivity index (χ3v) is 12.1. The highest BCUT2D eigenvalue weighted by molar-refractivity contribution is 5.93. The molecule has 0 aliphatic rings. The Bertz CT molecular complexity index is 2490. The van der Waals surface area contributed by atoms with Crippen LogP contribution in [-0.2, 0) is 0 Å². The summed E-state index contributed by atoms with van der Waals surface area (Å²) in [4.78, 5) is 38.8. The second kappa shape index (κ2) is 28.2. The SMILES string of the molecule is CCCCCCCCCCCCOc1ccc(C(=O)Oc2ccc(OC(=O)c3cccc(-c4ccc(OC(=O)c5ccc(OCCCCCCCCC(F)(F)C(F)(F)C(F)(F)C(F)(F)F)cc5)cc4)c3)cc2)cc1. The molecule has 0 unspecified atom stereocenters. The maximum atomic E-state index is 13.7. The van der Waals surface area contributed by atoms with Gasteiger partial charge in [0.2, 0.25) is 0 Å². The summed E-state index contributed by atoms with van der Waals surface area (Å²) >= 11 is 0. The molecule has 17 heteroatoms. The van der Waals surface area contributed by atoms with Gasteiger partial charge in [-0.3, -0.25) is 0 Å². The fourth-order valence-corrected chi connectivity index (χ4v) is 7.68. The van der Waals surface area contributed by atoms with Gasteiger partial charge in [0.1, 0.15) is 28.7 Å². The summed E-state index contributed by atoms with van der Waals surface area (Å²) in [5.41, 5.74) is 2.29. The zero-order chi connectivity index (χ0) is 53.6. The molecule has 0 aromatic heterocycles. The van der Waals surface area contributed by atoms with Crippen LogP contribution in [0.2, 0.25) is 0 Å². The van der Waals surface area contributed by atoms with Crippen molar-refractivity contribution in [2.24, 2.45) is 0 Å². The van der Waals surface area contributed by atoms with E-state index >= 15 is 0 Å². The highest BCUT2D eigenvalue weighted by Crippen LogP contribution is 2.54. The molecule has 0 bridgehead atoms. The maximum absolute atomic E-state index is 13.7. The topological polar surface area (TPSA) is 97.4 Å². The van der Waals surface area contributed by atoms with Crippen LogP contribution in [0.3, 0.4) is 0 Å². The van der Waals surface area contributed by atoms with Crippen molar-refractivity contribution in [1.29, 1.82) is 0 Å². The van der Waals surface area contributed by atoms with E-state index in [1.807, 2.05) is 0 Å². The van der Waals surface area contributed by atoms with E-state index in [2.05, 4.69) is 6.92 Å². The molecule has 5 aromatic rings. The van der Waals surface area contributed by atoms with Crippen LogP contribution in [0.15, 0.2) is 121 Å². The summed E-state index contributed by atoms with van der Waals surface area (Å²) in [6, 6.07) is 32.4. The van der Waals surface area contributed by atoms with Crippen molar-refractivity contribution in [2.45, 2.75) is 140 Å². The Morgan fingerprint density at radius 3 is 1.16 bits per heavy atom. The fraction of sp³-hybridized carbons (Fsp3) is 0.421. The number of benzene rings is 5. The van der Waals surface area contributed by atoms with Crippen molar-refractivity contribution in [2.75, 3.05) is 13.2 Å². The van der Waals surface area contributed by atoms with E-state index in [1.165, 1.54) is 87.8 Å². The minimum atomic E-state index is -6.87. The van der Waals surface area contributed by atoms with Crippen molar-refractivity contribution in [3.8, 4) is 39.9 Å². The molecule has 400 valence electrons. The number of rotatable bonds is 31. The lowest BCUT2D eigenvalue weighted by Gasteiger charge is -2.33. The standard InChI is InChI=1S/C57H61F9O8/c1-2-3-4-5-6-7-8-10-13-16-38-70-47-29-25-43(26-30-47)52(68)73-49-33-35-50(36-34-49)74-53(69)45-20-18-19-44(40-45)41-21-31-48(32-22-41)72-51(67)42-23-27-46(28-24-42)71-39-17-14-11-9-12-15-37-54(58,59)55(60,61)56(62,63)57(64,65)66/h18-36,40H,2-17,37-39H2,1H3. The molecular formula is C57H61F9O8. The summed E-state index contributed by atoms with van der Waals surface area (Å²) in [5.74, 6) is -18.9. The van der Waals surface area contributed by atoms with Gasteiger partial charge in [-0.05, 0) is 127 Å². The number of carbonyl (C=O) groups is 3. The molecule has 0 amide bonds. The Hall–Kier alpha value is -6.52. The van der Waals surface area contributed by atoms with Gasteiger partial charge in [0.05, 0.1) is 29.9 Å². The van der Waals surface area contributed by atoms with Gasteiger partial charge < -0.3 is 23.7 Å². The second-order valence-corrected chi connectivity index (χ2v) is 17.9. The highest BCUT2D eigenvalue weighted by atomic mass is 19.4. The van der Waals surface area contributed by atoms with Gasteiger partial charge in [0.25, 0.3) is 0 Å². The Kier molecular flexibility index (Phi) is 22.3. The minimum absolute atomic E-state index is 0.0758. The van der Waals surface area contributed by atoms with Crippen LogP contribution in [0.4, 0.5) is 39.5 Å². The van der Waals surface area contributed by atoms with Crippen molar-refractivity contribution < 1.29 is 77.6 Å². The number of halogens is 9. The second-order valence-electron chi connectivity index (χ2n) is 17.9. The monoisotopic (exact) mass is 1040 g/mol. The third-order valence-electron chi connectivity index (χ3n) is 12.1. The fourth-order valence-electron chi connectivity index (χ4n) is 7.68. The summed E-state index contributed by atoms with van der Waals surface area (Å²) < 4.78 is 145. The van der Waals surface area contributed by atoms with Crippen LogP contribution < -0.4 is 23.7 Å². The summed E-state index contributed by atoms with van der Waals surface area (Å²) in [6.45, 7) is 3.08. The number of hydrogen-bond donors (Lipinski definition) is 0. The van der Waals surface area contributed by atoms with E-state index in [9.17, 15) is 53.9 Å². The smallest absolute Gasteiger partial charge is 0.460 e. The Balaban J connectivity index is 0.970. The number of ether oxygens (including phenoxy) is 5. The molecule has 0 N–H and O–H groups in total. The van der Waals surface area contributed by atoms with Crippen molar-refractivity contribution in [1.82, 2.24) is 0 Å². The van der Waals surface area contributed by atoms with Crippen LogP contribution >= 0.6 is 0 Å². The lowest BCUT2D eigenvalue weighted by atomic mass is 9.98. The van der Waals surface area contributed by atoms with Gasteiger partial charge in [-0.1, -0.05) is 115 Å². The highest BCUT2D eigenvalue weighted by Gasteiger charge is 2.81. The molecule has 0 fully saturated rings. The first-order chi connectivity index (χ1) is 35.3. The van der Waals surface area contributed by atoms with Gasteiger partial charge in [0, 0.05) is 6.42 Å². The molecule has 0 heterocycles. The molecule has 0 aliphatic heterocycles. The van der Waals surface area contributed by atoms with Gasteiger partial charge in [-0.25, -0.2) is 14.4 Å². The molecular weight excluding hydrogens is 984 g/mol. The number of carbonyl (C=O) groups excluding carboxylic acids is 3. The molecule has 0 saturated carbocycles. The van der Waals surface area contributed by atoms with Gasteiger partial charge in [-0.15, -0.1) is 0 Å². The molecule has 8 nitrogen and oxygen atoms in total. The first kappa shape index (κ1) is 58.4. The van der Waals surface area contributed by atoms with Crippen LogP contribution in [0.5, 0.6) is 28.7 Å². The summed E-state index contributed by atoms with van der Waals surface area (Å²) in [5, 5.41) is 0. The predicted molar refractivity (Wildman–Crippen MR) is 262 cm³/mol. The molecule has 0 saturated heterocycles. The minimum Gasteiger partial charge on any atom is -0.494 e. The quantitative estimate of drug-likeness (QED) is 0.0187. The lowest BCUT2D eigenvalue weighted by molar-refractivity contribution is -0.396. The van der Waals surface area contributed by atoms with E-state index in [0.717, 1.165) is 18.4 Å². The average molecular weight is 1050 g/mol. The van der Waals surface area contributed by atoms with E-state index < -0.39 is 54.7 Å². The summed E-state index contributed by atoms with van der Waals surface area (Å²) in [7, 11) is 0. The zero-order valence-corrected chi connectivity index (χ0v) is 41.1. The zero-order valence-electron chi connectivity index (χ0n) is 41.1. The molecule has 74 heavy (non-hydrogen) atoms. The van der Waals surface area contributed by atoms with E-state index in [4.69, 9.17) is 23.7 Å².